The molecule has 0 saturated carbocycles. The molecule has 0 radical (unpaired) electrons. The average Bonchev–Trinajstić information content (AvgIpc) is 2.70. The van der Waals surface area contributed by atoms with E-state index in [-0.39, 0.29) is 22.6 Å². The minimum absolute atomic E-state index is 0.0155. The van der Waals surface area contributed by atoms with Crippen LogP contribution in [0.2, 0.25) is 0 Å². The molecule has 1 amide bonds. The second-order valence-corrected chi connectivity index (χ2v) is 7.18. The van der Waals surface area contributed by atoms with Gasteiger partial charge in [0.1, 0.15) is 17.3 Å². The molecule has 0 bridgehead atoms. The van der Waals surface area contributed by atoms with Crippen molar-refractivity contribution in [3.8, 4) is 11.5 Å². The Hall–Kier alpha value is -3.74. The summed E-state index contributed by atoms with van der Waals surface area (Å²) in [4.78, 5) is 12.7. The zero-order chi connectivity index (χ0) is 24.1. The summed E-state index contributed by atoms with van der Waals surface area (Å²) in [5, 5.41) is 12.8. The van der Waals surface area contributed by atoms with Crippen LogP contribution in [0.4, 0.5) is 18.9 Å². The first kappa shape index (κ1) is 24.5. The number of benzene rings is 2. The Morgan fingerprint density at radius 3 is 2.34 bits per heavy atom. The largest absolute Gasteiger partial charge is 0.507 e. The normalized spacial score (nSPS) is 12.3. The van der Waals surface area contributed by atoms with Crippen molar-refractivity contribution in [2.75, 3.05) is 5.32 Å². The van der Waals surface area contributed by atoms with Crippen LogP contribution in [0, 0.1) is 6.92 Å². The highest BCUT2D eigenvalue weighted by Gasteiger charge is 2.29. The Morgan fingerprint density at radius 2 is 1.75 bits per heavy atom. The van der Waals surface area contributed by atoms with Crippen molar-refractivity contribution >= 4 is 17.4 Å². The van der Waals surface area contributed by atoms with E-state index in [0.717, 1.165) is 24.6 Å². The van der Waals surface area contributed by atoms with Crippen LogP contribution in [-0.4, -0.2) is 17.2 Å². The number of para-hydroxylation sites is 1. The SMILES string of the molecule is C=C(C)/C(=C\C=C(/C)C(F)(F)F)C(=O)Nc1ccc(O)c(C(=C)Oc2ccccc2C)c1. The second-order valence-electron chi connectivity index (χ2n) is 7.18. The second kappa shape index (κ2) is 10.0. The summed E-state index contributed by atoms with van der Waals surface area (Å²) in [7, 11) is 0. The van der Waals surface area contributed by atoms with E-state index in [4.69, 9.17) is 4.74 Å². The van der Waals surface area contributed by atoms with E-state index >= 15 is 0 Å². The molecule has 0 aliphatic carbocycles. The number of carbonyl (C=O) groups excluding carboxylic acids is 1. The van der Waals surface area contributed by atoms with Crippen molar-refractivity contribution in [2.24, 2.45) is 0 Å². The van der Waals surface area contributed by atoms with Gasteiger partial charge in [-0.1, -0.05) is 37.4 Å². The van der Waals surface area contributed by atoms with E-state index in [2.05, 4.69) is 18.5 Å². The molecule has 0 aliphatic heterocycles. The Labute approximate surface area is 185 Å². The van der Waals surface area contributed by atoms with Gasteiger partial charge in [0.25, 0.3) is 5.91 Å². The zero-order valence-corrected chi connectivity index (χ0v) is 18.0. The van der Waals surface area contributed by atoms with Crippen molar-refractivity contribution in [3.05, 3.63) is 95.6 Å². The number of aromatic hydroxyl groups is 1. The fourth-order valence-corrected chi connectivity index (χ4v) is 2.61. The number of phenolic OH excluding ortho intramolecular Hbond substituents is 1. The molecule has 0 aromatic heterocycles. The average molecular weight is 443 g/mol. The molecule has 0 fully saturated rings. The molecule has 2 N–H and O–H groups in total. The van der Waals surface area contributed by atoms with E-state index in [1.807, 2.05) is 19.1 Å². The van der Waals surface area contributed by atoms with Crippen molar-refractivity contribution < 1.29 is 27.8 Å². The highest BCUT2D eigenvalue weighted by molar-refractivity contribution is 6.07. The lowest BCUT2D eigenvalue weighted by atomic mass is 10.1. The molecule has 0 saturated heterocycles. The molecule has 0 unspecified atom stereocenters. The third-order valence-corrected chi connectivity index (χ3v) is 4.53. The number of nitrogens with one attached hydrogen (secondary N) is 1. The third kappa shape index (κ3) is 6.38. The van der Waals surface area contributed by atoms with Gasteiger partial charge in [0.2, 0.25) is 0 Å². The minimum Gasteiger partial charge on any atom is -0.507 e. The number of carbonyl (C=O) groups is 1. The monoisotopic (exact) mass is 443 g/mol. The van der Waals surface area contributed by atoms with Crippen molar-refractivity contribution in [2.45, 2.75) is 26.9 Å². The summed E-state index contributed by atoms with van der Waals surface area (Å²) < 4.78 is 43.9. The van der Waals surface area contributed by atoms with E-state index in [1.54, 1.807) is 12.1 Å². The Bertz CT molecular complexity index is 1110. The van der Waals surface area contributed by atoms with Gasteiger partial charge in [-0.05, 0) is 62.2 Å². The summed E-state index contributed by atoms with van der Waals surface area (Å²) in [6.45, 7) is 11.8. The molecule has 7 heteroatoms. The maximum absolute atomic E-state index is 12.7. The van der Waals surface area contributed by atoms with Gasteiger partial charge in [0.05, 0.1) is 5.56 Å². The molecule has 4 nitrogen and oxygen atoms in total. The van der Waals surface area contributed by atoms with Gasteiger partial charge in [-0.2, -0.15) is 13.2 Å². The fourth-order valence-electron chi connectivity index (χ4n) is 2.61. The Balaban J connectivity index is 2.27. The van der Waals surface area contributed by atoms with E-state index in [9.17, 15) is 23.1 Å². The van der Waals surface area contributed by atoms with Crippen LogP contribution in [0.3, 0.4) is 0 Å². The van der Waals surface area contributed by atoms with Gasteiger partial charge in [-0.25, -0.2) is 0 Å². The molecule has 2 rings (SSSR count). The van der Waals surface area contributed by atoms with Crippen LogP contribution in [0.1, 0.15) is 25.0 Å². The van der Waals surface area contributed by atoms with Gasteiger partial charge in [0, 0.05) is 16.8 Å². The fraction of sp³-hybridized carbons (Fsp3) is 0.160. The number of phenols is 1. The van der Waals surface area contributed by atoms with Gasteiger partial charge in [0.15, 0.2) is 0 Å². The Morgan fingerprint density at radius 1 is 1.09 bits per heavy atom. The van der Waals surface area contributed by atoms with Crippen molar-refractivity contribution in [3.63, 3.8) is 0 Å². The van der Waals surface area contributed by atoms with Crippen LogP contribution in [0.15, 0.2) is 84.5 Å². The molecule has 0 atom stereocenters. The number of hydrogen-bond donors (Lipinski definition) is 2. The predicted molar refractivity (Wildman–Crippen MR) is 120 cm³/mol. The molecule has 0 spiro atoms. The number of allylic oxidation sites excluding steroid dienone is 3. The molecular weight excluding hydrogens is 419 g/mol. The lowest BCUT2D eigenvalue weighted by molar-refractivity contribution is -0.112. The lowest BCUT2D eigenvalue weighted by Gasteiger charge is -2.14. The topological polar surface area (TPSA) is 58.6 Å². The highest BCUT2D eigenvalue weighted by atomic mass is 19.4. The van der Waals surface area contributed by atoms with Gasteiger partial charge in [-0.15, -0.1) is 0 Å². The summed E-state index contributed by atoms with van der Waals surface area (Å²) in [5.74, 6) is -0.0373. The van der Waals surface area contributed by atoms with E-state index in [0.29, 0.717) is 17.0 Å². The first-order valence-electron chi connectivity index (χ1n) is 9.59. The van der Waals surface area contributed by atoms with Crippen LogP contribution in [-0.2, 0) is 4.79 Å². The maximum atomic E-state index is 12.7. The molecule has 0 aliphatic rings. The zero-order valence-electron chi connectivity index (χ0n) is 18.0. The predicted octanol–water partition coefficient (Wildman–Crippen LogP) is 6.70. The first-order chi connectivity index (χ1) is 14.9. The van der Waals surface area contributed by atoms with Crippen molar-refractivity contribution in [1.82, 2.24) is 0 Å². The lowest BCUT2D eigenvalue weighted by Crippen LogP contribution is -2.15. The van der Waals surface area contributed by atoms with Gasteiger partial charge >= 0.3 is 6.18 Å². The summed E-state index contributed by atoms with van der Waals surface area (Å²) in [6, 6.07) is 11.5. The third-order valence-electron chi connectivity index (χ3n) is 4.53. The van der Waals surface area contributed by atoms with Crippen LogP contribution in [0.25, 0.3) is 5.76 Å². The quantitative estimate of drug-likeness (QED) is 0.217. The highest BCUT2D eigenvalue weighted by Crippen LogP contribution is 2.31. The number of halogens is 3. The molecule has 32 heavy (non-hydrogen) atoms. The molecule has 168 valence electrons. The summed E-state index contributed by atoms with van der Waals surface area (Å²) in [5.41, 5.74) is 0.843. The molecule has 0 heterocycles. The first-order valence-corrected chi connectivity index (χ1v) is 9.59. The van der Waals surface area contributed by atoms with Crippen LogP contribution >= 0.6 is 0 Å². The number of aryl methyl sites for hydroxylation is 1. The van der Waals surface area contributed by atoms with Crippen LogP contribution < -0.4 is 10.1 Å². The van der Waals surface area contributed by atoms with E-state index < -0.39 is 17.7 Å². The van der Waals surface area contributed by atoms with E-state index in [1.165, 1.54) is 25.1 Å². The number of hydrogen-bond acceptors (Lipinski definition) is 3. The Kier molecular flexibility index (Phi) is 7.70. The number of rotatable bonds is 7. The van der Waals surface area contributed by atoms with Crippen molar-refractivity contribution in [1.29, 1.82) is 0 Å². The number of alkyl halides is 3. The molecular formula is C25H24F3NO3. The number of amides is 1. The minimum atomic E-state index is -4.49. The van der Waals surface area contributed by atoms with Crippen LogP contribution in [0.5, 0.6) is 11.5 Å². The number of ether oxygens (including phenoxy) is 1. The summed E-state index contributed by atoms with van der Waals surface area (Å²) in [6.07, 6.45) is -2.59. The van der Waals surface area contributed by atoms with Gasteiger partial charge in [-0.3, -0.25) is 4.79 Å². The summed E-state index contributed by atoms with van der Waals surface area (Å²) >= 11 is 0. The molecule has 2 aromatic carbocycles. The number of anilines is 1. The molecule has 2 aromatic rings. The maximum Gasteiger partial charge on any atom is 0.412 e. The standard InChI is InChI=1S/C25H24F3NO3/c1-15(2)20(12-10-17(4)25(26,27)28)24(31)29-19-11-13-22(30)21(14-19)18(5)32-23-9-7-6-8-16(23)3/h6-14,30H,1,5H2,2-4H3,(H,29,31)/b17-10+,20-12+. The van der Waals surface area contributed by atoms with Gasteiger partial charge < -0.3 is 15.2 Å². The smallest absolute Gasteiger partial charge is 0.412 e.